The lowest BCUT2D eigenvalue weighted by molar-refractivity contribution is 0.180. The van der Waals surface area contributed by atoms with Gasteiger partial charge in [0.25, 0.3) is 0 Å². The topological polar surface area (TPSA) is 55.4 Å². The first kappa shape index (κ1) is 15.7. The summed E-state index contributed by atoms with van der Waals surface area (Å²) in [5.41, 5.74) is 0.654. The highest BCUT2D eigenvalue weighted by Gasteiger charge is 2.21. The second-order valence-corrected chi connectivity index (χ2v) is 6.51. The molecule has 0 aliphatic heterocycles. The summed E-state index contributed by atoms with van der Waals surface area (Å²) in [5, 5.41) is 0.534. The molecule has 1 unspecified atom stereocenters. The fraction of sp³-hybridized carbons (Fsp3) is 0.455. The van der Waals surface area contributed by atoms with Gasteiger partial charge >= 0.3 is 0 Å². The minimum atomic E-state index is -3.67. The minimum absolute atomic E-state index is 0.0222. The van der Waals surface area contributed by atoms with Crippen molar-refractivity contribution < 1.29 is 13.2 Å². The lowest BCUT2D eigenvalue weighted by Crippen LogP contribution is -2.35. The van der Waals surface area contributed by atoms with E-state index in [9.17, 15) is 8.42 Å². The largest absolute Gasteiger partial charge is 0.383 e. The van der Waals surface area contributed by atoms with Crippen molar-refractivity contribution in [2.45, 2.75) is 24.8 Å². The first-order chi connectivity index (χ1) is 8.27. The zero-order valence-electron chi connectivity index (χ0n) is 10.3. The minimum Gasteiger partial charge on any atom is -0.383 e. The van der Waals surface area contributed by atoms with Gasteiger partial charge in [0, 0.05) is 18.2 Å². The van der Waals surface area contributed by atoms with Gasteiger partial charge < -0.3 is 4.74 Å². The summed E-state index contributed by atoms with van der Waals surface area (Å²) in [7, 11) is -2.17. The first-order valence-electron chi connectivity index (χ1n) is 5.25. The molecule has 0 fully saturated rings. The monoisotopic (exact) mass is 311 g/mol. The van der Waals surface area contributed by atoms with Gasteiger partial charge in [0.1, 0.15) is 4.90 Å². The number of rotatable bonds is 5. The molecule has 1 aromatic rings. The van der Waals surface area contributed by atoms with Crippen LogP contribution in [-0.2, 0) is 14.8 Å². The second-order valence-electron chi connectivity index (χ2n) is 4.01. The molecule has 0 bridgehead atoms. The lowest BCUT2D eigenvalue weighted by atomic mass is 10.2. The van der Waals surface area contributed by atoms with Crippen molar-refractivity contribution in [1.82, 2.24) is 4.72 Å². The van der Waals surface area contributed by atoms with Gasteiger partial charge in [0.05, 0.1) is 11.6 Å². The summed E-state index contributed by atoms with van der Waals surface area (Å²) in [4.78, 5) is 0.0222. The predicted octanol–water partition coefficient (Wildman–Crippen LogP) is 2.62. The summed E-state index contributed by atoms with van der Waals surface area (Å²) >= 11 is 11.8. The molecule has 1 atom stereocenters. The molecule has 0 saturated carbocycles. The molecule has 0 amide bonds. The number of sulfonamides is 1. The van der Waals surface area contributed by atoms with E-state index < -0.39 is 10.0 Å². The molecule has 0 aromatic heterocycles. The molecule has 18 heavy (non-hydrogen) atoms. The number of methoxy groups -OCH3 is 1. The van der Waals surface area contributed by atoms with Crippen LogP contribution in [-0.4, -0.2) is 28.2 Å². The van der Waals surface area contributed by atoms with E-state index in [1.54, 1.807) is 13.8 Å². The Morgan fingerprint density at radius 1 is 1.33 bits per heavy atom. The molecule has 1 aromatic carbocycles. The highest BCUT2D eigenvalue weighted by Crippen LogP contribution is 2.28. The smallest absolute Gasteiger partial charge is 0.242 e. The summed E-state index contributed by atoms with van der Waals surface area (Å²) in [5.74, 6) is 0. The normalized spacial score (nSPS) is 13.6. The Labute approximate surface area is 117 Å². The van der Waals surface area contributed by atoms with Crippen molar-refractivity contribution in [1.29, 1.82) is 0 Å². The quantitative estimate of drug-likeness (QED) is 0.909. The fourth-order valence-electron chi connectivity index (χ4n) is 1.45. The van der Waals surface area contributed by atoms with E-state index in [1.165, 1.54) is 19.2 Å². The Morgan fingerprint density at radius 3 is 2.50 bits per heavy atom. The first-order valence-corrected chi connectivity index (χ1v) is 7.48. The van der Waals surface area contributed by atoms with Crippen LogP contribution in [0.15, 0.2) is 17.0 Å². The van der Waals surface area contributed by atoms with E-state index in [2.05, 4.69) is 4.72 Å². The Kier molecular flexibility index (Phi) is 5.43. The van der Waals surface area contributed by atoms with Crippen LogP contribution < -0.4 is 4.72 Å². The van der Waals surface area contributed by atoms with Crippen LogP contribution in [0.3, 0.4) is 0 Å². The van der Waals surface area contributed by atoms with Crippen LogP contribution in [0, 0.1) is 6.92 Å². The molecule has 0 saturated heterocycles. The van der Waals surface area contributed by atoms with Crippen molar-refractivity contribution in [3.63, 3.8) is 0 Å². The zero-order valence-corrected chi connectivity index (χ0v) is 12.7. The molecule has 0 heterocycles. The molecule has 102 valence electrons. The molecule has 0 radical (unpaired) electrons. The molecular weight excluding hydrogens is 297 g/mol. The van der Waals surface area contributed by atoms with E-state index in [1.807, 2.05) is 0 Å². The zero-order chi connectivity index (χ0) is 13.9. The van der Waals surface area contributed by atoms with Gasteiger partial charge in [-0.25, -0.2) is 13.1 Å². The molecule has 1 rings (SSSR count). The van der Waals surface area contributed by atoms with Gasteiger partial charge in [-0.3, -0.25) is 0 Å². The summed E-state index contributed by atoms with van der Waals surface area (Å²) in [6.45, 7) is 3.71. The Hall–Kier alpha value is -0.330. The molecular formula is C11H15Cl2NO3S. The predicted molar refractivity (Wildman–Crippen MR) is 72.9 cm³/mol. The van der Waals surface area contributed by atoms with Gasteiger partial charge in [0.15, 0.2) is 0 Å². The molecule has 7 heteroatoms. The second kappa shape index (κ2) is 6.21. The van der Waals surface area contributed by atoms with Gasteiger partial charge in [-0.1, -0.05) is 23.2 Å². The summed E-state index contributed by atoms with van der Waals surface area (Å²) < 4.78 is 31.6. The highest BCUT2D eigenvalue weighted by molar-refractivity contribution is 7.89. The number of hydrogen-bond acceptors (Lipinski definition) is 3. The van der Waals surface area contributed by atoms with Crippen molar-refractivity contribution in [2.24, 2.45) is 0 Å². The van der Waals surface area contributed by atoms with E-state index in [0.29, 0.717) is 10.6 Å². The van der Waals surface area contributed by atoms with Gasteiger partial charge in [0.2, 0.25) is 10.0 Å². The van der Waals surface area contributed by atoms with Crippen molar-refractivity contribution in [3.05, 3.63) is 27.7 Å². The van der Waals surface area contributed by atoms with Gasteiger partial charge in [-0.15, -0.1) is 0 Å². The summed E-state index contributed by atoms with van der Waals surface area (Å²) in [6, 6.07) is 2.53. The lowest BCUT2D eigenvalue weighted by Gasteiger charge is -2.14. The highest BCUT2D eigenvalue weighted by atomic mass is 35.5. The number of benzene rings is 1. The van der Waals surface area contributed by atoms with Gasteiger partial charge in [-0.05, 0) is 31.5 Å². The third kappa shape index (κ3) is 3.83. The number of aryl methyl sites for hydroxylation is 1. The summed E-state index contributed by atoms with van der Waals surface area (Å²) in [6.07, 6.45) is 0. The van der Waals surface area contributed by atoms with E-state index in [4.69, 9.17) is 27.9 Å². The third-order valence-electron chi connectivity index (χ3n) is 2.28. The molecule has 1 N–H and O–H groups in total. The number of ether oxygens (including phenoxy) is 1. The number of nitrogens with one attached hydrogen (secondary N) is 1. The Bertz CT molecular complexity index is 531. The van der Waals surface area contributed by atoms with Crippen molar-refractivity contribution in [2.75, 3.05) is 13.7 Å². The Morgan fingerprint density at radius 2 is 1.94 bits per heavy atom. The SMILES string of the molecule is COCC(C)NS(=O)(=O)c1cc(C)c(Cl)cc1Cl. The molecule has 0 spiro atoms. The van der Waals surface area contributed by atoms with Crippen molar-refractivity contribution in [3.8, 4) is 0 Å². The fourth-order valence-corrected chi connectivity index (χ4v) is 3.51. The third-order valence-corrected chi connectivity index (χ3v) is 4.74. The van der Waals surface area contributed by atoms with Crippen LogP contribution >= 0.6 is 23.2 Å². The van der Waals surface area contributed by atoms with E-state index in [0.717, 1.165) is 0 Å². The van der Waals surface area contributed by atoms with Crippen LogP contribution in [0.5, 0.6) is 0 Å². The molecule has 0 aliphatic carbocycles. The van der Waals surface area contributed by atoms with Crippen LogP contribution in [0.2, 0.25) is 10.0 Å². The van der Waals surface area contributed by atoms with Crippen LogP contribution in [0.1, 0.15) is 12.5 Å². The van der Waals surface area contributed by atoms with Crippen LogP contribution in [0.4, 0.5) is 0 Å². The van der Waals surface area contributed by atoms with Crippen LogP contribution in [0.25, 0.3) is 0 Å². The average molecular weight is 312 g/mol. The van der Waals surface area contributed by atoms with E-state index in [-0.39, 0.29) is 22.6 Å². The molecule has 0 aliphatic rings. The maximum Gasteiger partial charge on any atom is 0.242 e. The average Bonchev–Trinajstić information content (AvgIpc) is 2.22. The van der Waals surface area contributed by atoms with Gasteiger partial charge in [-0.2, -0.15) is 0 Å². The maximum absolute atomic E-state index is 12.1. The Balaban J connectivity index is 3.09. The number of halogens is 2. The van der Waals surface area contributed by atoms with Crippen molar-refractivity contribution >= 4 is 33.2 Å². The molecule has 4 nitrogen and oxygen atoms in total. The number of hydrogen-bond donors (Lipinski definition) is 1. The maximum atomic E-state index is 12.1. The standard InChI is InChI=1S/C11H15Cl2NO3S/c1-7-4-11(10(13)5-9(7)12)18(15,16)14-8(2)6-17-3/h4-5,8,14H,6H2,1-3H3. The van der Waals surface area contributed by atoms with E-state index >= 15 is 0 Å².